The van der Waals surface area contributed by atoms with Crippen LogP contribution in [0, 0.1) is 17.2 Å². The van der Waals surface area contributed by atoms with Crippen LogP contribution in [0.25, 0.3) is 0 Å². The van der Waals surface area contributed by atoms with E-state index in [2.05, 4.69) is 15.7 Å². The number of hydrogen-bond donors (Lipinski definition) is 1. The summed E-state index contributed by atoms with van der Waals surface area (Å²) in [5.74, 6) is 0.699. The molecule has 0 radical (unpaired) electrons. The van der Waals surface area contributed by atoms with Crippen LogP contribution in [-0.4, -0.2) is 59.1 Å². The number of rotatable bonds is 7. The number of nitrogens with zero attached hydrogens (tertiary/aromatic N) is 3. The van der Waals surface area contributed by atoms with Crippen LogP contribution < -0.4 is 14.4 Å². The van der Waals surface area contributed by atoms with Crippen molar-refractivity contribution in [2.75, 3.05) is 44.7 Å². The van der Waals surface area contributed by atoms with Crippen LogP contribution in [-0.2, 0) is 10.0 Å². The summed E-state index contributed by atoms with van der Waals surface area (Å²) in [6.07, 6.45) is 2.24. The predicted molar refractivity (Wildman–Crippen MR) is 120 cm³/mol. The quantitative estimate of drug-likeness (QED) is 0.688. The van der Waals surface area contributed by atoms with Crippen LogP contribution in [0.15, 0.2) is 47.4 Å². The molecule has 168 valence electrons. The number of carbonyl (C=O) groups excluding carboxylic acids is 1. The molecule has 2 aromatic rings. The molecule has 2 aromatic carbocycles. The van der Waals surface area contributed by atoms with Gasteiger partial charge >= 0.3 is 0 Å². The molecule has 2 fully saturated rings. The highest BCUT2D eigenvalue weighted by Gasteiger charge is 2.28. The van der Waals surface area contributed by atoms with E-state index in [1.165, 1.54) is 19.2 Å². The maximum atomic E-state index is 13.4. The number of nitrogens with one attached hydrogen (secondary N) is 1. The van der Waals surface area contributed by atoms with Crippen LogP contribution in [0.1, 0.15) is 28.8 Å². The predicted octanol–water partition coefficient (Wildman–Crippen LogP) is 2.22. The Morgan fingerprint density at radius 3 is 2.41 bits per heavy atom. The molecule has 1 aliphatic heterocycles. The van der Waals surface area contributed by atoms with Crippen molar-refractivity contribution in [3.63, 3.8) is 0 Å². The molecule has 0 unspecified atom stereocenters. The number of carbonyl (C=O) groups is 1. The van der Waals surface area contributed by atoms with Crippen molar-refractivity contribution in [1.82, 2.24) is 9.62 Å². The van der Waals surface area contributed by atoms with Gasteiger partial charge in [0.25, 0.3) is 5.91 Å². The van der Waals surface area contributed by atoms with Gasteiger partial charge in [0.05, 0.1) is 28.7 Å². The average molecular weight is 455 g/mol. The van der Waals surface area contributed by atoms with Crippen molar-refractivity contribution in [2.45, 2.75) is 17.7 Å². The number of anilines is 1. The van der Waals surface area contributed by atoms with Gasteiger partial charge in [0.1, 0.15) is 5.75 Å². The Labute approximate surface area is 188 Å². The Morgan fingerprint density at radius 1 is 1.12 bits per heavy atom. The second-order valence-corrected chi connectivity index (χ2v) is 9.94. The second kappa shape index (κ2) is 9.18. The van der Waals surface area contributed by atoms with Gasteiger partial charge in [-0.15, -0.1) is 0 Å². The van der Waals surface area contributed by atoms with Gasteiger partial charge in [0, 0.05) is 31.9 Å². The molecule has 1 saturated carbocycles. The molecule has 1 saturated heterocycles. The summed E-state index contributed by atoms with van der Waals surface area (Å²) in [5, 5.41) is 8.96. The molecule has 1 N–H and O–H groups in total. The summed E-state index contributed by atoms with van der Waals surface area (Å²) in [7, 11) is -2.33. The van der Waals surface area contributed by atoms with Crippen molar-refractivity contribution in [3.05, 3.63) is 53.6 Å². The van der Waals surface area contributed by atoms with E-state index in [0.717, 1.165) is 18.5 Å². The Balaban J connectivity index is 1.50. The number of hydrogen-bond acceptors (Lipinski definition) is 6. The number of benzene rings is 2. The molecule has 9 heteroatoms. The van der Waals surface area contributed by atoms with Crippen LogP contribution in [0.4, 0.5) is 5.69 Å². The fourth-order valence-electron chi connectivity index (χ4n) is 3.66. The van der Waals surface area contributed by atoms with Gasteiger partial charge in [-0.25, -0.2) is 13.1 Å². The third kappa shape index (κ3) is 4.87. The Kier molecular flexibility index (Phi) is 6.35. The lowest BCUT2D eigenvalue weighted by atomic mass is 10.1. The van der Waals surface area contributed by atoms with E-state index >= 15 is 0 Å². The van der Waals surface area contributed by atoms with Gasteiger partial charge in [-0.2, -0.15) is 5.26 Å². The number of amides is 1. The summed E-state index contributed by atoms with van der Waals surface area (Å²) < 4.78 is 32.7. The van der Waals surface area contributed by atoms with E-state index in [-0.39, 0.29) is 16.4 Å². The molecule has 0 aromatic heterocycles. The van der Waals surface area contributed by atoms with Gasteiger partial charge in [-0.3, -0.25) is 4.79 Å². The number of piperazine rings is 1. The first-order valence-corrected chi connectivity index (χ1v) is 12.1. The molecular formula is C23H26N4O4S. The number of sulfonamides is 1. The standard InChI is InChI=1S/C23H26N4O4S/c1-25-32(29,30)20-8-9-22(31-16-18-2-3-18)21(14-20)23(28)27-12-10-26(11-13-27)19-6-4-17(15-24)5-7-19/h4-9,14,18,25H,2-3,10-13,16H2,1H3. The van der Waals surface area contributed by atoms with E-state index in [0.29, 0.717) is 50.0 Å². The van der Waals surface area contributed by atoms with E-state index in [4.69, 9.17) is 10.00 Å². The van der Waals surface area contributed by atoms with Gasteiger partial charge in [0.15, 0.2) is 0 Å². The van der Waals surface area contributed by atoms with Gasteiger partial charge in [-0.1, -0.05) is 0 Å². The Morgan fingerprint density at radius 2 is 1.81 bits per heavy atom. The minimum atomic E-state index is -3.68. The molecule has 1 amide bonds. The van der Waals surface area contributed by atoms with E-state index in [1.807, 2.05) is 12.1 Å². The highest BCUT2D eigenvalue weighted by molar-refractivity contribution is 7.89. The highest BCUT2D eigenvalue weighted by atomic mass is 32.2. The number of nitriles is 1. The third-order valence-electron chi connectivity index (χ3n) is 5.86. The average Bonchev–Trinajstić information content (AvgIpc) is 3.67. The van der Waals surface area contributed by atoms with Crippen LogP contribution >= 0.6 is 0 Å². The molecule has 0 bridgehead atoms. The zero-order chi connectivity index (χ0) is 22.7. The van der Waals surface area contributed by atoms with Gasteiger partial charge in [0.2, 0.25) is 10.0 Å². The molecule has 32 heavy (non-hydrogen) atoms. The van der Waals surface area contributed by atoms with Crippen molar-refractivity contribution >= 4 is 21.6 Å². The molecule has 2 aliphatic rings. The molecular weight excluding hydrogens is 428 g/mol. The molecule has 0 spiro atoms. The van der Waals surface area contributed by atoms with Crippen LogP contribution in [0.5, 0.6) is 5.75 Å². The fourth-order valence-corrected chi connectivity index (χ4v) is 4.42. The molecule has 8 nitrogen and oxygen atoms in total. The summed E-state index contributed by atoms with van der Waals surface area (Å²) in [4.78, 5) is 17.3. The van der Waals surface area contributed by atoms with Crippen LogP contribution in [0.3, 0.4) is 0 Å². The van der Waals surface area contributed by atoms with Gasteiger partial charge < -0.3 is 14.5 Å². The van der Waals surface area contributed by atoms with Crippen LogP contribution in [0.2, 0.25) is 0 Å². The normalized spacial score (nSPS) is 16.5. The lowest BCUT2D eigenvalue weighted by Crippen LogP contribution is -2.48. The van der Waals surface area contributed by atoms with Crippen molar-refractivity contribution < 1.29 is 17.9 Å². The first-order chi connectivity index (χ1) is 15.4. The summed E-state index contributed by atoms with van der Waals surface area (Å²) in [6.45, 7) is 2.83. The molecule has 1 aliphatic carbocycles. The summed E-state index contributed by atoms with van der Waals surface area (Å²) >= 11 is 0. The highest BCUT2D eigenvalue weighted by Crippen LogP contribution is 2.31. The minimum Gasteiger partial charge on any atom is -0.492 e. The summed E-state index contributed by atoms with van der Waals surface area (Å²) in [5.41, 5.74) is 1.89. The first-order valence-electron chi connectivity index (χ1n) is 10.7. The lowest BCUT2D eigenvalue weighted by molar-refractivity contribution is 0.0741. The Bertz CT molecular complexity index is 1130. The molecule has 4 rings (SSSR count). The zero-order valence-corrected chi connectivity index (χ0v) is 18.8. The maximum Gasteiger partial charge on any atom is 0.257 e. The Hall–Kier alpha value is -3.09. The minimum absolute atomic E-state index is 0.0401. The SMILES string of the molecule is CNS(=O)(=O)c1ccc(OCC2CC2)c(C(=O)N2CCN(c3ccc(C#N)cc3)CC2)c1. The van der Waals surface area contributed by atoms with Crippen molar-refractivity contribution in [3.8, 4) is 11.8 Å². The monoisotopic (exact) mass is 454 g/mol. The first kappa shape index (κ1) is 22.1. The fraction of sp³-hybridized carbons (Fsp3) is 0.391. The van der Waals surface area contributed by atoms with E-state index in [1.54, 1.807) is 23.1 Å². The van der Waals surface area contributed by atoms with E-state index < -0.39 is 10.0 Å². The molecule has 1 heterocycles. The maximum absolute atomic E-state index is 13.4. The topological polar surface area (TPSA) is 103 Å². The summed E-state index contributed by atoms with van der Waals surface area (Å²) in [6, 6.07) is 13.9. The van der Waals surface area contributed by atoms with Crippen molar-refractivity contribution in [1.29, 1.82) is 5.26 Å². The van der Waals surface area contributed by atoms with E-state index in [9.17, 15) is 13.2 Å². The number of ether oxygens (including phenoxy) is 1. The largest absolute Gasteiger partial charge is 0.492 e. The lowest BCUT2D eigenvalue weighted by Gasteiger charge is -2.36. The second-order valence-electron chi connectivity index (χ2n) is 8.06. The zero-order valence-electron chi connectivity index (χ0n) is 18.0. The molecule has 0 atom stereocenters. The smallest absolute Gasteiger partial charge is 0.257 e. The van der Waals surface area contributed by atoms with Gasteiger partial charge in [-0.05, 0) is 68.3 Å². The third-order valence-corrected chi connectivity index (χ3v) is 7.27. The van der Waals surface area contributed by atoms with Crippen molar-refractivity contribution in [2.24, 2.45) is 5.92 Å².